The standard InChI is InChI=1S/C21H24N4O2S2/c1-4-24-20(27)16(29-21(24)28)10-15-18(23-11-13(2)9-14(3)12-23)22-17-7-5-6-8-25(17)19(15)26/h5-8,10,13-14H,4,9,11-12H2,1-3H3/b16-10+/t13-,14+. The number of hydrogen-bond donors (Lipinski definition) is 0. The van der Waals surface area contributed by atoms with Gasteiger partial charge in [0, 0.05) is 25.8 Å². The molecule has 2 aliphatic heterocycles. The molecule has 0 aromatic carbocycles. The van der Waals surface area contributed by atoms with Crippen molar-refractivity contribution in [1.82, 2.24) is 14.3 Å². The number of likely N-dealkylation sites (N-methyl/N-ethyl adjacent to an activating group) is 1. The summed E-state index contributed by atoms with van der Waals surface area (Å²) >= 11 is 6.57. The quantitative estimate of drug-likeness (QED) is 0.552. The number of pyridine rings is 1. The highest BCUT2D eigenvalue weighted by molar-refractivity contribution is 8.26. The number of carbonyl (C=O) groups excluding carboxylic acids is 1. The van der Waals surface area contributed by atoms with Crippen molar-refractivity contribution in [3.05, 3.63) is 45.2 Å². The molecule has 2 aliphatic rings. The summed E-state index contributed by atoms with van der Waals surface area (Å²) in [6.45, 7) is 8.55. The summed E-state index contributed by atoms with van der Waals surface area (Å²) in [5, 5.41) is 0. The number of thiocarbonyl (C=S) groups is 1. The van der Waals surface area contributed by atoms with Crippen LogP contribution in [0.5, 0.6) is 0 Å². The first-order chi connectivity index (χ1) is 13.9. The Morgan fingerprint density at radius 1 is 1.24 bits per heavy atom. The van der Waals surface area contributed by atoms with Crippen LogP contribution in [0.3, 0.4) is 0 Å². The Hall–Kier alpha value is -2.19. The Balaban J connectivity index is 1.89. The number of carbonyl (C=O) groups is 1. The number of rotatable bonds is 3. The van der Waals surface area contributed by atoms with Crippen LogP contribution in [-0.4, -0.2) is 44.1 Å². The Morgan fingerprint density at radius 2 is 1.97 bits per heavy atom. The van der Waals surface area contributed by atoms with Gasteiger partial charge in [0.1, 0.15) is 15.8 Å². The number of thioether (sulfide) groups is 1. The van der Waals surface area contributed by atoms with Crippen molar-refractivity contribution < 1.29 is 4.79 Å². The molecule has 0 N–H and O–H groups in total. The third-order valence-electron chi connectivity index (χ3n) is 5.38. The van der Waals surface area contributed by atoms with Crippen molar-refractivity contribution in [2.45, 2.75) is 27.2 Å². The van der Waals surface area contributed by atoms with Crippen LogP contribution in [0.25, 0.3) is 11.7 Å². The monoisotopic (exact) mass is 428 g/mol. The van der Waals surface area contributed by atoms with Crippen LogP contribution >= 0.6 is 24.0 Å². The van der Waals surface area contributed by atoms with Crippen molar-refractivity contribution in [3.8, 4) is 0 Å². The highest BCUT2D eigenvalue weighted by Gasteiger charge is 2.32. The SMILES string of the molecule is CCN1C(=O)/C(=C\c2c(N3C[C@H](C)C[C@H](C)C3)nc3ccccn3c2=O)SC1=S. The molecule has 4 heterocycles. The van der Waals surface area contributed by atoms with Crippen LogP contribution in [0.15, 0.2) is 34.1 Å². The summed E-state index contributed by atoms with van der Waals surface area (Å²) in [6.07, 6.45) is 4.56. The summed E-state index contributed by atoms with van der Waals surface area (Å²) in [7, 11) is 0. The average molecular weight is 429 g/mol. The largest absolute Gasteiger partial charge is 0.355 e. The molecule has 0 spiro atoms. The van der Waals surface area contributed by atoms with E-state index in [1.807, 2.05) is 19.1 Å². The minimum atomic E-state index is -0.168. The predicted octanol–water partition coefficient (Wildman–Crippen LogP) is 3.40. The van der Waals surface area contributed by atoms with E-state index in [0.29, 0.717) is 44.6 Å². The summed E-state index contributed by atoms with van der Waals surface area (Å²) in [4.78, 5) is 35.2. The maximum Gasteiger partial charge on any atom is 0.267 e. The van der Waals surface area contributed by atoms with Crippen LogP contribution in [0.4, 0.5) is 5.82 Å². The zero-order valence-corrected chi connectivity index (χ0v) is 18.4. The fourth-order valence-electron chi connectivity index (χ4n) is 4.20. The lowest BCUT2D eigenvalue weighted by Crippen LogP contribution is -2.40. The molecule has 0 aliphatic carbocycles. The number of nitrogens with zero attached hydrogens (tertiary/aromatic N) is 4. The topological polar surface area (TPSA) is 57.9 Å². The molecule has 2 fully saturated rings. The summed E-state index contributed by atoms with van der Waals surface area (Å²) < 4.78 is 2.06. The molecule has 0 bridgehead atoms. The van der Waals surface area contributed by atoms with Crippen LogP contribution in [-0.2, 0) is 4.79 Å². The van der Waals surface area contributed by atoms with E-state index in [4.69, 9.17) is 17.2 Å². The van der Waals surface area contributed by atoms with Gasteiger partial charge in [-0.1, -0.05) is 43.9 Å². The van der Waals surface area contributed by atoms with E-state index in [1.165, 1.54) is 16.2 Å². The van der Waals surface area contributed by atoms with Gasteiger partial charge in [-0.25, -0.2) is 4.98 Å². The first-order valence-corrected chi connectivity index (χ1v) is 11.1. The molecule has 0 radical (unpaired) electrons. The summed E-state index contributed by atoms with van der Waals surface area (Å²) in [5.41, 5.74) is 0.890. The molecule has 2 aromatic heterocycles. The van der Waals surface area contributed by atoms with Gasteiger partial charge in [-0.15, -0.1) is 0 Å². The fraction of sp³-hybridized carbons (Fsp3) is 0.429. The van der Waals surface area contributed by atoms with E-state index < -0.39 is 0 Å². The Morgan fingerprint density at radius 3 is 2.62 bits per heavy atom. The zero-order chi connectivity index (χ0) is 20.7. The minimum Gasteiger partial charge on any atom is -0.355 e. The van der Waals surface area contributed by atoms with Crippen molar-refractivity contribution in [3.63, 3.8) is 0 Å². The lowest BCUT2D eigenvalue weighted by Gasteiger charge is -2.36. The molecule has 0 saturated carbocycles. The van der Waals surface area contributed by atoms with Gasteiger partial charge in [0.2, 0.25) is 0 Å². The number of anilines is 1. The smallest absolute Gasteiger partial charge is 0.267 e. The number of amides is 1. The number of aromatic nitrogens is 2. The van der Waals surface area contributed by atoms with E-state index in [-0.39, 0.29) is 11.5 Å². The predicted molar refractivity (Wildman–Crippen MR) is 122 cm³/mol. The molecule has 2 atom stereocenters. The van der Waals surface area contributed by atoms with Gasteiger partial charge in [-0.05, 0) is 43.4 Å². The lowest BCUT2D eigenvalue weighted by molar-refractivity contribution is -0.121. The molecular weight excluding hydrogens is 404 g/mol. The third-order valence-corrected chi connectivity index (χ3v) is 6.76. The van der Waals surface area contributed by atoms with Crippen LogP contribution in [0.2, 0.25) is 0 Å². The zero-order valence-electron chi connectivity index (χ0n) is 16.8. The Labute approximate surface area is 179 Å². The third kappa shape index (κ3) is 3.71. The normalized spacial score (nSPS) is 24.2. The Bertz CT molecular complexity index is 1070. The van der Waals surface area contributed by atoms with Crippen LogP contribution in [0.1, 0.15) is 32.8 Å². The second kappa shape index (κ2) is 7.91. The van der Waals surface area contributed by atoms with E-state index in [0.717, 1.165) is 19.5 Å². The number of piperidine rings is 1. The van der Waals surface area contributed by atoms with Crippen LogP contribution < -0.4 is 10.5 Å². The highest BCUT2D eigenvalue weighted by atomic mass is 32.2. The number of hydrogen-bond acceptors (Lipinski definition) is 6. The maximum atomic E-state index is 13.4. The van der Waals surface area contributed by atoms with Crippen molar-refractivity contribution in [2.75, 3.05) is 24.5 Å². The molecule has 0 unspecified atom stereocenters. The van der Waals surface area contributed by atoms with Crippen molar-refractivity contribution in [2.24, 2.45) is 11.8 Å². The van der Waals surface area contributed by atoms with Gasteiger partial charge in [0.25, 0.3) is 11.5 Å². The van der Waals surface area contributed by atoms with Crippen molar-refractivity contribution in [1.29, 1.82) is 0 Å². The van der Waals surface area contributed by atoms with Gasteiger partial charge in [-0.2, -0.15) is 0 Å². The molecule has 152 valence electrons. The number of fused-ring (bicyclic) bond motifs is 1. The maximum absolute atomic E-state index is 13.4. The van der Waals surface area contributed by atoms with Crippen molar-refractivity contribution >= 4 is 51.7 Å². The van der Waals surface area contributed by atoms with Gasteiger partial charge in [0.15, 0.2) is 0 Å². The fourth-order valence-corrected chi connectivity index (χ4v) is 5.56. The summed E-state index contributed by atoms with van der Waals surface area (Å²) in [5.74, 6) is 1.54. The molecule has 29 heavy (non-hydrogen) atoms. The average Bonchev–Trinajstić information content (AvgIpc) is 2.95. The summed E-state index contributed by atoms with van der Waals surface area (Å²) in [6, 6.07) is 5.52. The highest BCUT2D eigenvalue weighted by Crippen LogP contribution is 2.34. The van der Waals surface area contributed by atoms with E-state index >= 15 is 0 Å². The van der Waals surface area contributed by atoms with Gasteiger partial charge in [0.05, 0.1) is 10.5 Å². The van der Waals surface area contributed by atoms with E-state index in [9.17, 15) is 9.59 Å². The molecule has 2 aromatic rings. The van der Waals surface area contributed by atoms with E-state index in [1.54, 1.807) is 23.2 Å². The molecule has 4 rings (SSSR count). The van der Waals surface area contributed by atoms with Gasteiger partial charge >= 0.3 is 0 Å². The lowest BCUT2D eigenvalue weighted by atomic mass is 9.91. The molecule has 2 saturated heterocycles. The second-order valence-corrected chi connectivity index (χ2v) is 9.54. The van der Waals surface area contributed by atoms with Crippen LogP contribution in [0, 0.1) is 11.8 Å². The Kier molecular flexibility index (Phi) is 5.48. The van der Waals surface area contributed by atoms with Gasteiger partial charge < -0.3 is 4.90 Å². The van der Waals surface area contributed by atoms with Gasteiger partial charge in [-0.3, -0.25) is 18.9 Å². The first-order valence-electron chi connectivity index (χ1n) is 9.90. The molecular formula is C21H24N4O2S2. The first kappa shape index (κ1) is 20.1. The minimum absolute atomic E-state index is 0.147. The molecule has 6 nitrogen and oxygen atoms in total. The molecule has 8 heteroatoms. The molecule has 1 amide bonds. The van der Waals surface area contributed by atoms with E-state index in [2.05, 4.69) is 18.7 Å². The second-order valence-electron chi connectivity index (χ2n) is 7.86.